The Bertz CT molecular complexity index is 1010. The Morgan fingerprint density at radius 2 is 1.81 bits per heavy atom. The van der Waals surface area contributed by atoms with Crippen LogP contribution in [0, 0.1) is 6.92 Å². The number of ketones is 1. The molecule has 2 aromatic rings. The molecule has 2 N–H and O–H groups in total. The number of rotatable bonds is 6. The van der Waals surface area contributed by atoms with Crippen LogP contribution in [-0.4, -0.2) is 55.0 Å². The largest absolute Gasteiger partial charge is 0.456 e. The van der Waals surface area contributed by atoms with Crippen molar-refractivity contribution in [2.45, 2.75) is 32.7 Å². The quantitative estimate of drug-likeness (QED) is 0.681. The van der Waals surface area contributed by atoms with Gasteiger partial charge in [-0.25, -0.2) is 0 Å². The minimum atomic E-state index is -0.219. The average molecular weight is 427 g/mol. The van der Waals surface area contributed by atoms with Gasteiger partial charge in [-0.1, -0.05) is 0 Å². The standard InChI is InChI=1S/C22H25N3O6/c1-13-3-4-18(31-13)22(28)23-15-5-7-25(8-6-15)11-21(27)24-17-10-20-19(29-12-30-20)9-16(17)14(2)26/h3-4,9-10,15H,5-8,11-12H2,1-2H3,(H,23,28)(H,24,27). The second kappa shape index (κ2) is 8.81. The van der Waals surface area contributed by atoms with Gasteiger partial charge in [0.15, 0.2) is 23.0 Å². The van der Waals surface area contributed by atoms with E-state index in [1.165, 1.54) is 6.92 Å². The summed E-state index contributed by atoms with van der Waals surface area (Å²) in [5, 5.41) is 5.80. The first kappa shape index (κ1) is 20.9. The zero-order valence-electron chi connectivity index (χ0n) is 17.5. The van der Waals surface area contributed by atoms with Crippen molar-refractivity contribution in [1.29, 1.82) is 0 Å². The molecule has 1 aromatic heterocycles. The van der Waals surface area contributed by atoms with Gasteiger partial charge in [0.25, 0.3) is 5.91 Å². The molecule has 0 spiro atoms. The molecule has 164 valence electrons. The normalized spacial score (nSPS) is 16.2. The highest BCUT2D eigenvalue weighted by molar-refractivity contribution is 6.05. The molecule has 0 bridgehead atoms. The maximum absolute atomic E-state index is 12.6. The van der Waals surface area contributed by atoms with E-state index in [1.54, 1.807) is 31.2 Å². The lowest BCUT2D eigenvalue weighted by Crippen LogP contribution is -2.46. The molecule has 2 aliphatic heterocycles. The summed E-state index contributed by atoms with van der Waals surface area (Å²) in [6.45, 7) is 4.88. The van der Waals surface area contributed by atoms with Crippen LogP contribution in [0.1, 0.15) is 46.4 Å². The van der Waals surface area contributed by atoms with Gasteiger partial charge < -0.3 is 24.5 Å². The third kappa shape index (κ3) is 4.88. The number of hydrogen-bond acceptors (Lipinski definition) is 7. The molecular formula is C22H25N3O6. The van der Waals surface area contributed by atoms with Crippen molar-refractivity contribution < 1.29 is 28.3 Å². The lowest BCUT2D eigenvalue weighted by Gasteiger charge is -2.31. The number of ether oxygens (including phenoxy) is 2. The molecule has 1 aromatic carbocycles. The number of nitrogens with zero attached hydrogens (tertiary/aromatic N) is 1. The lowest BCUT2D eigenvalue weighted by atomic mass is 10.0. The fourth-order valence-corrected chi connectivity index (χ4v) is 3.78. The number of benzene rings is 1. The maximum Gasteiger partial charge on any atom is 0.287 e. The number of anilines is 1. The van der Waals surface area contributed by atoms with Crippen LogP contribution in [0.5, 0.6) is 11.5 Å². The van der Waals surface area contributed by atoms with E-state index < -0.39 is 0 Å². The lowest BCUT2D eigenvalue weighted by molar-refractivity contribution is -0.117. The van der Waals surface area contributed by atoms with Gasteiger partial charge in [0, 0.05) is 30.8 Å². The van der Waals surface area contributed by atoms with Crippen molar-refractivity contribution in [3.8, 4) is 11.5 Å². The fraction of sp³-hybridized carbons (Fsp3) is 0.409. The summed E-state index contributed by atoms with van der Waals surface area (Å²) in [5.41, 5.74) is 0.796. The number of carbonyl (C=O) groups excluding carboxylic acids is 3. The second-order valence-electron chi connectivity index (χ2n) is 7.79. The molecule has 0 unspecified atom stereocenters. The zero-order valence-corrected chi connectivity index (χ0v) is 17.5. The first-order valence-electron chi connectivity index (χ1n) is 10.2. The van der Waals surface area contributed by atoms with E-state index in [0.717, 1.165) is 12.8 Å². The van der Waals surface area contributed by atoms with Gasteiger partial charge in [0.1, 0.15) is 5.76 Å². The van der Waals surface area contributed by atoms with Crippen molar-refractivity contribution in [3.63, 3.8) is 0 Å². The molecule has 31 heavy (non-hydrogen) atoms. The summed E-state index contributed by atoms with van der Waals surface area (Å²) >= 11 is 0. The molecule has 2 amide bonds. The van der Waals surface area contributed by atoms with Crippen LogP contribution in [-0.2, 0) is 4.79 Å². The number of piperidine rings is 1. The van der Waals surface area contributed by atoms with Crippen molar-refractivity contribution in [1.82, 2.24) is 10.2 Å². The van der Waals surface area contributed by atoms with Crippen LogP contribution < -0.4 is 20.1 Å². The number of aryl methyl sites for hydroxylation is 1. The van der Waals surface area contributed by atoms with Crippen molar-refractivity contribution in [2.24, 2.45) is 0 Å². The van der Waals surface area contributed by atoms with Crippen LogP contribution in [0.2, 0.25) is 0 Å². The smallest absolute Gasteiger partial charge is 0.287 e. The number of amides is 2. The predicted molar refractivity (Wildman–Crippen MR) is 112 cm³/mol. The van der Waals surface area contributed by atoms with Crippen LogP contribution in [0.15, 0.2) is 28.7 Å². The Hall–Kier alpha value is -3.33. The molecule has 1 saturated heterocycles. The van der Waals surface area contributed by atoms with E-state index in [4.69, 9.17) is 13.9 Å². The molecule has 0 saturated carbocycles. The summed E-state index contributed by atoms with van der Waals surface area (Å²) in [6, 6.07) is 6.67. The van der Waals surface area contributed by atoms with E-state index in [9.17, 15) is 14.4 Å². The third-order valence-corrected chi connectivity index (χ3v) is 5.42. The van der Waals surface area contributed by atoms with Gasteiger partial charge in [-0.2, -0.15) is 0 Å². The Morgan fingerprint density at radius 3 is 2.45 bits per heavy atom. The number of fused-ring (bicyclic) bond motifs is 1. The highest BCUT2D eigenvalue weighted by atomic mass is 16.7. The number of hydrogen-bond donors (Lipinski definition) is 2. The van der Waals surface area contributed by atoms with Gasteiger partial charge in [0.05, 0.1) is 12.2 Å². The first-order valence-corrected chi connectivity index (χ1v) is 10.2. The van der Waals surface area contributed by atoms with Gasteiger partial charge in [-0.05, 0) is 44.9 Å². The van der Waals surface area contributed by atoms with Crippen molar-refractivity contribution >= 4 is 23.3 Å². The highest BCUT2D eigenvalue weighted by Gasteiger charge is 2.25. The van der Waals surface area contributed by atoms with Gasteiger partial charge in [-0.15, -0.1) is 0 Å². The predicted octanol–water partition coefficient (Wildman–Crippen LogP) is 2.35. The molecular weight excluding hydrogens is 402 g/mol. The fourth-order valence-electron chi connectivity index (χ4n) is 3.78. The van der Waals surface area contributed by atoms with E-state index >= 15 is 0 Å². The number of likely N-dealkylation sites (tertiary alicyclic amines) is 1. The van der Waals surface area contributed by atoms with Crippen molar-refractivity contribution in [2.75, 3.05) is 31.7 Å². The minimum absolute atomic E-state index is 0.0374. The first-order chi connectivity index (χ1) is 14.9. The number of Topliss-reactive ketones (excluding diaryl/α,β-unsaturated/α-hetero) is 1. The van der Waals surface area contributed by atoms with Gasteiger partial charge in [-0.3, -0.25) is 19.3 Å². The van der Waals surface area contributed by atoms with Crippen molar-refractivity contribution in [3.05, 3.63) is 41.3 Å². The number of furan rings is 1. The topological polar surface area (TPSA) is 110 Å². The minimum Gasteiger partial charge on any atom is -0.456 e. The van der Waals surface area contributed by atoms with Crippen LogP contribution in [0.4, 0.5) is 5.69 Å². The highest BCUT2D eigenvalue weighted by Crippen LogP contribution is 2.37. The molecule has 9 nitrogen and oxygen atoms in total. The van der Waals surface area contributed by atoms with Crippen LogP contribution in [0.25, 0.3) is 0 Å². The molecule has 3 heterocycles. The van der Waals surface area contributed by atoms with E-state index in [-0.39, 0.29) is 37.0 Å². The van der Waals surface area contributed by atoms with E-state index in [1.807, 2.05) is 4.90 Å². The van der Waals surface area contributed by atoms with Crippen LogP contribution in [0.3, 0.4) is 0 Å². The SMILES string of the molecule is CC(=O)c1cc2c(cc1NC(=O)CN1CCC(NC(=O)c3ccc(C)o3)CC1)OCO2. The molecule has 2 aliphatic rings. The summed E-state index contributed by atoms with van der Waals surface area (Å²) in [7, 11) is 0. The maximum atomic E-state index is 12.6. The zero-order chi connectivity index (χ0) is 22.0. The molecule has 0 aliphatic carbocycles. The molecule has 1 fully saturated rings. The molecule has 0 atom stereocenters. The number of carbonyl (C=O) groups is 3. The number of nitrogens with one attached hydrogen (secondary N) is 2. The average Bonchev–Trinajstić information content (AvgIpc) is 3.37. The molecule has 9 heteroatoms. The second-order valence-corrected chi connectivity index (χ2v) is 7.79. The summed E-state index contributed by atoms with van der Waals surface area (Å²) in [5.74, 6) is 1.40. The molecule has 4 rings (SSSR count). The summed E-state index contributed by atoms with van der Waals surface area (Å²) in [6.07, 6.45) is 1.48. The van der Waals surface area contributed by atoms with Crippen LogP contribution >= 0.6 is 0 Å². The van der Waals surface area contributed by atoms with Gasteiger partial charge in [0.2, 0.25) is 12.7 Å². The Kier molecular flexibility index (Phi) is 5.94. The van der Waals surface area contributed by atoms with E-state index in [0.29, 0.717) is 47.4 Å². The van der Waals surface area contributed by atoms with E-state index in [2.05, 4.69) is 10.6 Å². The monoisotopic (exact) mass is 427 g/mol. The summed E-state index contributed by atoms with van der Waals surface area (Å²) in [4.78, 5) is 38.8. The van der Waals surface area contributed by atoms with Gasteiger partial charge >= 0.3 is 0 Å². The Labute approximate surface area is 179 Å². The Balaban J connectivity index is 1.29. The molecule has 0 radical (unpaired) electrons. The Morgan fingerprint density at radius 1 is 1.10 bits per heavy atom. The summed E-state index contributed by atoms with van der Waals surface area (Å²) < 4.78 is 16.0. The third-order valence-electron chi connectivity index (χ3n) is 5.42.